The molecule has 2 aliphatic rings. The van der Waals surface area contributed by atoms with Crippen LogP contribution < -0.4 is 4.74 Å². The summed E-state index contributed by atoms with van der Waals surface area (Å²) in [6.07, 6.45) is 5.58. The fraction of sp³-hybridized carbons (Fsp3) is 0.385. The van der Waals surface area contributed by atoms with Crippen LogP contribution in [0.5, 0.6) is 17.2 Å². The first-order chi connectivity index (χ1) is 8.19. The van der Waals surface area contributed by atoms with Crippen LogP contribution in [0.4, 0.5) is 0 Å². The molecule has 1 saturated heterocycles. The molecule has 17 heavy (non-hydrogen) atoms. The number of phenols is 2. The minimum Gasteiger partial charge on any atom is -0.504 e. The van der Waals surface area contributed by atoms with Gasteiger partial charge in [-0.25, -0.2) is 0 Å². The molecule has 1 spiro atoms. The molecule has 0 atom stereocenters. The van der Waals surface area contributed by atoms with Gasteiger partial charge in [0, 0.05) is 24.5 Å². The van der Waals surface area contributed by atoms with Gasteiger partial charge in [0.15, 0.2) is 11.5 Å². The maximum Gasteiger partial charge on any atom is 0.161 e. The highest BCUT2D eigenvalue weighted by molar-refractivity contribution is 5.65. The number of benzene rings is 1. The lowest BCUT2D eigenvalue weighted by Crippen LogP contribution is -2.41. The second-order valence-corrected chi connectivity index (χ2v) is 4.49. The Morgan fingerprint density at radius 3 is 2.53 bits per heavy atom. The minimum atomic E-state index is -0.311. The van der Waals surface area contributed by atoms with Crippen molar-refractivity contribution in [2.75, 3.05) is 13.2 Å². The third-order valence-corrected chi connectivity index (χ3v) is 3.33. The Labute approximate surface area is 99.1 Å². The molecule has 0 bridgehead atoms. The van der Waals surface area contributed by atoms with E-state index in [-0.39, 0.29) is 17.1 Å². The normalized spacial score (nSPS) is 20.9. The predicted octanol–water partition coefficient (Wildman–Crippen LogP) is 2.05. The number of rotatable bonds is 0. The molecule has 0 radical (unpaired) electrons. The molecule has 2 N–H and O–H groups in total. The van der Waals surface area contributed by atoms with Crippen molar-refractivity contribution in [1.82, 2.24) is 0 Å². The molecule has 1 aromatic carbocycles. The molecule has 0 aromatic heterocycles. The van der Waals surface area contributed by atoms with Crippen molar-refractivity contribution in [3.05, 3.63) is 23.8 Å². The second kappa shape index (κ2) is 3.67. The zero-order valence-electron chi connectivity index (χ0n) is 9.35. The average molecular weight is 234 g/mol. The molecule has 4 heteroatoms. The largest absolute Gasteiger partial charge is 0.504 e. The lowest BCUT2D eigenvalue weighted by molar-refractivity contribution is -0.0179. The van der Waals surface area contributed by atoms with E-state index in [9.17, 15) is 10.2 Å². The van der Waals surface area contributed by atoms with Crippen LogP contribution >= 0.6 is 0 Å². The summed E-state index contributed by atoms with van der Waals surface area (Å²) in [5.41, 5.74) is 0.478. The molecular formula is C13H14O4. The number of phenolic OH excluding ortho intramolecular Hbond substituents is 2. The van der Waals surface area contributed by atoms with Gasteiger partial charge in [0.1, 0.15) is 11.4 Å². The number of hydrogen-bond donors (Lipinski definition) is 2. The van der Waals surface area contributed by atoms with Gasteiger partial charge in [-0.05, 0) is 12.1 Å². The van der Waals surface area contributed by atoms with Crippen molar-refractivity contribution < 1.29 is 19.7 Å². The zero-order chi connectivity index (χ0) is 11.9. The van der Waals surface area contributed by atoms with E-state index in [2.05, 4.69) is 0 Å². The fourth-order valence-corrected chi connectivity index (χ4v) is 2.27. The van der Waals surface area contributed by atoms with Crippen molar-refractivity contribution in [3.8, 4) is 17.2 Å². The summed E-state index contributed by atoms with van der Waals surface area (Å²) in [7, 11) is 0. The monoisotopic (exact) mass is 234 g/mol. The Balaban J connectivity index is 1.97. The van der Waals surface area contributed by atoms with E-state index >= 15 is 0 Å². The van der Waals surface area contributed by atoms with Crippen LogP contribution in [0, 0.1) is 0 Å². The Hall–Kier alpha value is -1.68. The molecule has 90 valence electrons. The molecular weight excluding hydrogens is 220 g/mol. The lowest BCUT2D eigenvalue weighted by Gasteiger charge is -2.37. The lowest BCUT2D eigenvalue weighted by atomic mass is 9.90. The first-order valence-corrected chi connectivity index (χ1v) is 5.71. The number of fused-ring (bicyclic) bond motifs is 1. The van der Waals surface area contributed by atoms with Gasteiger partial charge in [-0.3, -0.25) is 0 Å². The van der Waals surface area contributed by atoms with E-state index in [1.807, 2.05) is 12.2 Å². The minimum absolute atomic E-state index is 0.125. The Morgan fingerprint density at radius 1 is 1.06 bits per heavy atom. The van der Waals surface area contributed by atoms with Gasteiger partial charge in [-0.15, -0.1) is 0 Å². The zero-order valence-corrected chi connectivity index (χ0v) is 9.35. The quantitative estimate of drug-likeness (QED) is 0.674. The van der Waals surface area contributed by atoms with Crippen LogP contribution in [0.2, 0.25) is 0 Å². The first kappa shape index (κ1) is 10.5. The summed E-state index contributed by atoms with van der Waals surface area (Å²) in [5.74, 6) is 0.339. The summed E-state index contributed by atoms with van der Waals surface area (Å²) in [4.78, 5) is 0. The SMILES string of the molecule is Oc1cc2c(cc1O)OC1(C=C2)CCOCC1. The maximum absolute atomic E-state index is 9.48. The van der Waals surface area contributed by atoms with Crippen LogP contribution in [-0.4, -0.2) is 29.0 Å². The standard InChI is InChI=1S/C13H14O4/c14-10-7-9-1-2-13(3-5-16-6-4-13)17-12(9)8-11(10)15/h1-2,7-8,14-15H,3-6H2. The van der Waals surface area contributed by atoms with E-state index in [1.165, 1.54) is 12.1 Å². The second-order valence-electron chi connectivity index (χ2n) is 4.49. The Morgan fingerprint density at radius 2 is 1.76 bits per heavy atom. The average Bonchev–Trinajstić information content (AvgIpc) is 2.33. The Kier molecular flexibility index (Phi) is 2.26. The summed E-state index contributed by atoms with van der Waals surface area (Å²) in [5, 5.41) is 18.9. The smallest absolute Gasteiger partial charge is 0.161 e. The molecule has 0 amide bonds. The van der Waals surface area contributed by atoms with Crippen LogP contribution in [0.1, 0.15) is 18.4 Å². The van der Waals surface area contributed by atoms with Crippen molar-refractivity contribution >= 4 is 6.08 Å². The van der Waals surface area contributed by atoms with Gasteiger partial charge in [0.2, 0.25) is 0 Å². The number of ether oxygens (including phenoxy) is 2. The molecule has 2 heterocycles. The highest BCUT2D eigenvalue weighted by Crippen LogP contribution is 2.41. The molecule has 3 rings (SSSR count). The molecule has 1 aromatic rings. The predicted molar refractivity (Wildman–Crippen MR) is 62.2 cm³/mol. The summed E-state index contributed by atoms with van der Waals surface area (Å²) < 4.78 is 11.3. The van der Waals surface area contributed by atoms with Gasteiger partial charge in [-0.2, -0.15) is 0 Å². The number of hydrogen-bond acceptors (Lipinski definition) is 4. The maximum atomic E-state index is 9.48. The first-order valence-electron chi connectivity index (χ1n) is 5.71. The van der Waals surface area contributed by atoms with Crippen molar-refractivity contribution in [1.29, 1.82) is 0 Å². The molecule has 4 nitrogen and oxygen atoms in total. The van der Waals surface area contributed by atoms with E-state index in [0.717, 1.165) is 18.4 Å². The highest BCUT2D eigenvalue weighted by Gasteiger charge is 2.35. The third-order valence-electron chi connectivity index (χ3n) is 3.33. The van der Waals surface area contributed by atoms with Gasteiger partial charge >= 0.3 is 0 Å². The molecule has 0 unspecified atom stereocenters. The summed E-state index contributed by atoms with van der Waals surface area (Å²) in [6.45, 7) is 1.37. The fourth-order valence-electron chi connectivity index (χ4n) is 2.27. The van der Waals surface area contributed by atoms with E-state index < -0.39 is 0 Å². The van der Waals surface area contributed by atoms with Crippen molar-refractivity contribution in [2.24, 2.45) is 0 Å². The van der Waals surface area contributed by atoms with E-state index in [4.69, 9.17) is 9.47 Å². The van der Waals surface area contributed by atoms with Gasteiger partial charge in [-0.1, -0.05) is 6.08 Å². The van der Waals surface area contributed by atoms with Crippen LogP contribution in [-0.2, 0) is 4.74 Å². The summed E-state index contributed by atoms with van der Waals surface area (Å²) in [6, 6.07) is 2.97. The van der Waals surface area contributed by atoms with Crippen molar-refractivity contribution in [3.63, 3.8) is 0 Å². The van der Waals surface area contributed by atoms with Crippen LogP contribution in [0.15, 0.2) is 18.2 Å². The van der Waals surface area contributed by atoms with Crippen LogP contribution in [0.3, 0.4) is 0 Å². The van der Waals surface area contributed by atoms with E-state index in [1.54, 1.807) is 0 Å². The molecule has 0 aliphatic carbocycles. The van der Waals surface area contributed by atoms with Gasteiger partial charge < -0.3 is 19.7 Å². The van der Waals surface area contributed by atoms with E-state index in [0.29, 0.717) is 19.0 Å². The number of aromatic hydroxyl groups is 2. The van der Waals surface area contributed by atoms with Gasteiger partial charge in [0.25, 0.3) is 0 Å². The molecule has 1 fully saturated rings. The Bertz CT molecular complexity index is 473. The molecule has 2 aliphatic heterocycles. The summed E-state index contributed by atoms with van der Waals surface area (Å²) >= 11 is 0. The van der Waals surface area contributed by atoms with Gasteiger partial charge in [0.05, 0.1) is 13.2 Å². The topological polar surface area (TPSA) is 58.9 Å². The highest BCUT2D eigenvalue weighted by atomic mass is 16.5. The molecule has 0 saturated carbocycles. The third kappa shape index (κ3) is 1.74. The van der Waals surface area contributed by atoms with Crippen LogP contribution in [0.25, 0.3) is 6.08 Å². The van der Waals surface area contributed by atoms with Crippen molar-refractivity contribution in [2.45, 2.75) is 18.4 Å².